The van der Waals surface area contributed by atoms with Gasteiger partial charge in [-0.05, 0) is 48.9 Å². The van der Waals surface area contributed by atoms with Gasteiger partial charge in [-0.1, -0.05) is 12.8 Å². The predicted octanol–water partition coefficient (Wildman–Crippen LogP) is 2.28. The summed E-state index contributed by atoms with van der Waals surface area (Å²) in [5.74, 6) is 0.728. The molecule has 2 N–H and O–H groups in total. The molecule has 1 aliphatic rings. The van der Waals surface area contributed by atoms with Gasteiger partial charge < -0.3 is 15.3 Å². The van der Waals surface area contributed by atoms with E-state index in [-0.39, 0.29) is 12.5 Å². The van der Waals surface area contributed by atoms with Gasteiger partial charge in [0.1, 0.15) is 0 Å². The smallest absolute Gasteiger partial charge is 0.251 e. The van der Waals surface area contributed by atoms with Crippen molar-refractivity contribution in [2.24, 2.45) is 11.8 Å². The molecule has 1 amide bonds. The number of hydrogen-bond acceptors (Lipinski definition) is 3. The highest BCUT2D eigenvalue weighted by molar-refractivity contribution is 5.94. The summed E-state index contributed by atoms with van der Waals surface area (Å²) in [5.41, 5.74) is 1.77. The minimum absolute atomic E-state index is 0.0254. The van der Waals surface area contributed by atoms with Gasteiger partial charge in [0.25, 0.3) is 5.91 Å². The van der Waals surface area contributed by atoms with Crippen molar-refractivity contribution in [1.29, 1.82) is 0 Å². The molecule has 4 nitrogen and oxygen atoms in total. The molecule has 2 atom stereocenters. The summed E-state index contributed by atoms with van der Waals surface area (Å²) in [5, 5.41) is 12.4. The highest BCUT2D eigenvalue weighted by Gasteiger charge is 2.24. The van der Waals surface area contributed by atoms with E-state index in [1.807, 2.05) is 43.3 Å². The second-order valence-electron chi connectivity index (χ2n) is 6.14. The van der Waals surface area contributed by atoms with Crippen LogP contribution >= 0.6 is 0 Å². The van der Waals surface area contributed by atoms with Crippen molar-refractivity contribution in [2.45, 2.75) is 25.7 Å². The topological polar surface area (TPSA) is 52.6 Å². The Morgan fingerprint density at radius 2 is 1.81 bits per heavy atom. The molecule has 0 bridgehead atoms. The van der Waals surface area contributed by atoms with E-state index in [0.29, 0.717) is 23.9 Å². The number of nitrogens with zero attached hydrogens (tertiary/aromatic N) is 1. The molecule has 0 radical (unpaired) electrons. The van der Waals surface area contributed by atoms with Crippen LogP contribution in [0, 0.1) is 11.8 Å². The van der Waals surface area contributed by atoms with Crippen LogP contribution in [0.1, 0.15) is 36.0 Å². The molecular weight excluding hydrogens is 264 g/mol. The summed E-state index contributed by atoms with van der Waals surface area (Å²) < 4.78 is 0. The van der Waals surface area contributed by atoms with E-state index >= 15 is 0 Å². The van der Waals surface area contributed by atoms with E-state index in [9.17, 15) is 9.90 Å². The summed E-state index contributed by atoms with van der Waals surface area (Å²) in [7, 11) is 3.96. The Labute approximate surface area is 127 Å². The lowest BCUT2D eigenvalue weighted by Gasteiger charge is -2.30. The fraction of sp³-hybridized carbons (Fsp3) is 0.588. The number of carbonyl (C=O) groups is 1. The van der Waals surface area contributed by atoms with Crippen molar-refractivity contribution in [1.82, 2.24) is 5.32 Å². The van der Waals surface area contributed by atoms with Crippen molar-refractivity contribution in [3.63, 3.8) is 0 Å². The zero-order valence-electron chi connectivity index (χ0n) is 13.0. The molecule has 4 heteroatoms. The highest BCUT2D eigenvalue weighted by atomic mass is 16.3. The van der Waals surface area contributed by atoms with Crippen LogP contribution in [-0.2, 0) is 0 Å². The number of nitrogens with one attached hydrogen (secondary N) is 1. The lowest BCUT2D eigenvalue weighted by molar-refractivity contribution is 0.0909. The maximum absolute atomic E-state index is 12.2. The summed E-state index contributed by atoms with van der Waals surface area (Å²) in [6.45, 7) is 0.900. The van der Waals surface area contributed by atoms with Gasteiger partial charge in [-0.3, -0.25) is 4.79 Å². The van der Waals surface area contributed by atoms with Gasteiger partial charge >= 0.3 is 0 Å². The summed E-state index contributed by atoms with van der Waals surface area (Å²) in [4.78, 5) is 14.2. The molecule has 1 aromatic carbocycles. The number of rotatable bonds is 5. The van der Waals surface area contributed by atoms with E-state index in [0.717, 1.165) is 18.5 Å². The number of hydrogen-bond donors (Lipinski definition) is 2. The third-order valence-electron chi connectivity index (χ3n) is 4.47. The Bertz CT molecular complexity index is 456. The monoisotopic (exact) mass is 290 g/mol. The van der Waals surface area contributed by atoms with Crippen molar-refractivity contribution < 1.29 is 9.90 Å². The van der Waals surface area contributed by atoms with Crippen LogP contribution in [0.5, 0.6) is 0 Å². The standard InChI is InChI=1S/C17H26N2O2/c1-19(2)16-9-7-13(8-10-16)17(21)18-11-14-5-3-4-6-15(14)12-20/h7-10,14-15,20H,3-6,11-12H2,1-2H3,(H,18,21). The third-order valence-corrected chi connectivity index (χ3v) is 4.47. The maximum Gasteiger partial charge on any atom is 0.251 e. The molecular formula is C17H26N2O2. The van der Waals surface area contributed by atoms with Gasteiger partial charge in [0.2, 0.25) is 0 Å². The molecule has 2 rings (SSSR count). The Kier molecular flexibility index (Phi) is 5.62. The van der Waals surface area contributed by atoms with Gasteiger partial charge in [0, 0.05) is 38.5 Å². The second-order valence-corrected chi connectivity index (χ2v) is 6.14. The van der Waals surface area contributed by atoms with Crippen LogP contribution < -0.4 is 10.2 Å². The van der Waals surface area contributed by atoms with Crippen molar-refractivity contribution >= 4 is 11.6 Å². The number of aliphatic hydroxyl groups is 1. The Balaban J connectivity index is 1.89. The van der Waals surface area contributed by atoms with Crippen LogP contribution in [0.15, 0.2) is 24.3 Å². The number of anilines is 1. The molecule has 21 heavy (non-hydrogen) atoms. The van der Waals surface area contributed by atoms with E-state index in [4.69, 9.17) is 0 Å². The van der Waals surface area contributed by atoms with Gasteiger partial charge in [0.15, 0.2) is 0 Å². The first-order valence-electron chi connectivity index (χ1n) is 7.78. The molecule has 1 fully saturated rings. The molecule has 1 aromatic rings. The first kappa shape index (κ1) is 15.8. The van der Waals surface area contributed by atoms with Crippen molar-refractivity contribution in [2.75, 3.05) is 32.1 Å². The van der Waals surface area contributed by atoms with E-state index < -0.39 is 0 Å². The van der Waals surface area contributed by atoms with Crippen LogP contribution in [0.2, 0.25) is 0 Å². The Morgan fingerprint density at radius 3 is 2.38 bits per heavy atom. The van der Waals surface area contributed by atoms with Gasteiger partial charge in [-0.15, -0.1) is 0 Å². The zero-order valence-corrected chi connectivity index (χ0v) is 13.0. The third kappa shape index (κ3) is 4.21. The zero-order chi connectivity index (χ0) is 15.2. The van der Waals surface area contributed by atoms with Crippen LogP contribution in [0.25, 0.3) is 0 Å². The normalized spacial score (nSPS) is 21.9. The first-order valence-corrected chi connectivity index (χ1v) is 7.78. The van der Waals surface area contributed by atoms with E-state index in [1.165, 1.54) is 12.8 Å². The number of carbonyl (C=O) groups excluding carboxylic acids is 1. The average Bonchev–Trinajstić information content (AvgIpc) is 2.52. The molecule has 1 saturated carbocycles. The summed E-state index contributed by atoms with van der Waals surface area (Å²) in [6.07, 6.45) is 4.58. The largest absolute Gasteiger partial charge is 0.396 e. The number of amides is 1. The SMILES string of the molecule is CN(C)c1ccc(C(=O)NCC2CCCCC2CO)cc1. The fourth-order valence-electron chi connectivity index (χ4n) is 3.03. The molecule has 1 aliphatic carbocycles. The summed E-state index contributed by atoms with van der Waals surface area (Å²) in [6, 6.07) is 7.61. The Morgan fingerprint density at radius 1 is 1.19 bits per heavy atom. The molecule has 116 valence electrons. The fourth-order valence-corrected chi connectivity index (χ4v) is 3.03. The molecule has 0 heterocycles. The minimum atomic E-state index is -0.0254. The lowest BCUT2D eigenvalue weighted by Crippen LogP contribution is -2.35. The van der Waals surface area contributed by atoms with Crippen LogP contribution in [0.4, 0.5) is 5.69 Å². The highest BCUT2D eigenvalue weighted by Crippen LogP contribution is 2.29. The van der Waals surface area contributed by atoms with Gasteiger partial charge in [-0.25, -0.2) is 0 Å². The van der Waals surface area contributed by atoms with Gasteiger partial charge in [-0.2, -0.15) is 0 Å². The van der Waals surface area contributed by atoms with E-state index in [1.54, 1.807) is 0 Å². The number of benzene rings is 1. The quantitative estimate of drug-likeness (QED) is 0.875. The Hall–Kier alpha value is -1.55. The average molecular weight is 290 g/mol. The van der Waals surface area contributed by atoms with Crippen molar-refractivity contribution in [3.05, 3.63) is 29.8 Å². The molecule has 0 aliphatic heterocycles. The first-order chi connectivity index (χ1) is 10.1. The molecule has 2 unspecified atom stereocenters. The number of aliphatic hydroxyl groups excluding tert-OH is 1. The van der Waals surface area contributed by atoms with Crippen LogP contribution in [0.3, 0.4) is 0 Å². The van der Waals surface area contributed by atoms with Crippen molar-refractivity contribution in [3.8, 4) is 0 Å². The molecule has 0 spiro atoms. The van der Waals surface area contributed by atoms with Crippen LogP contribution in [-0.4, -0.2) is 38.3 Å². The van der Waals surface area contributed by atoms with Gasteiger partial charge in [0.05, 0.1) is 0 Å². The second kappa shape index (κ2) is 7.46. The predicted molar refractivity (Wildman–Crippen MR) is 85.6 cm³/mol. The molecule has 0 saturated heterocycles. The molecule has 0 aromatic heterocycles. The minimum Gasteiger partial charge on any atom is -0.396 e. The summed E-state index contributed by atoms with van der Waals surface area (Å²) >= 11 is 0. The van der Waals surface area contributed by atoms with E-state index in [2.05, 4.69) is 5.32 Å². The maximum atomic E-state index is 12.2. The lowest BCUT2D eigenvalue weighted by atomic mass is 9.79.